The zero-order chi connectivity index (χ0) is 15.1. The number of pyridine rings is 1. The molecule has 0 bridgehead atoms. The molecule has 1 aromatic carbocycles. The van der Waals surface area contributed by atoms with Gasteiger partial charge < -0.3 is 10.1 Å². The standard InChI is InChI=1S/C15H16F2N2OS/c1-20-7-6-18-9-11-2-5-15(19-10-11)21-12-3-4-13(16)14(17)8-12/h2-5,8,10,18H,6-7,9H2,1H3. The van der Waals surface area contributed by atoms with Crippen LogP contribution in [0.25, 0.3) is 0 Å². The molecule has 0 aliphatic heterocycles. The minimum atomic E-state index is -0.848. The van der Waals surface area contributed by atoms with E-state index in [0.29, 0.717) is 18.0 Å². The fourth-order valence-corrected chi connectivity index (χ4v) is 2.43. The van der Waals surface area contributed by atoms with Crippen molar-refractivity contribution in [3.63, 3.8) is 0 Å². The summed E-state index contributed by atoms with van der Waals surface area (Å²) in [6.07, 6.45) is 1.77. The molecule has 2 aromatic rings. The zero-order valence-electron chi connectivity index (χ0n) is 11.6. The Morgan fingerprint density at radius 3 is 2.71 bits per heavy atom. The van der Waals surface area contributed by atoms with Gasteiger partial charge in [-0.05, 0) is 29.8 Å². The number of hydrogen-bond donors (Lipinski definition) is 1. The van der Waals surface area contributed by atoms with Crippen LogP contribution in [0, 0.1) is 11.6 Å². The molecular formula is C15H16F2N2OS. The highest BCUT2D eigenvalue weighted by atomic mass is 32.2. The topological polar surface area (TPSA) is 34.1 Å². The van der Waals surface area contributed by atoms with Gasteiger partial charge in [0.15, 0.2) is 11.6 Å². The molecular weight excluding hydrogens is 294 g/mol. The van der Waals surface area contributed by atoms with Gasteiger partial charge in [0.25, 0.3) is 0 Å². The Bertz CT molecular complexity index is 578. The molecule has 1 N–H and O–H groups in total. The van der Waals surface area contributed by atoms with Gasteiger partial charge >= 0.3 is 0 Å². The molecule has 21 heavy (non-hydrogen) atoms. The summed E-state index contributed by atoms with van der Waals surface area (Å²) in [5.41, 5.74) is 1.06. The first-order chi connectivity index (χ1) is 10.2. The number of benzene rings is 1. The van der Waals surface area contributed by atoms with Crippen LogP contribution in [0.15, 0.2) is 46.5 Å². The number of nitrogens with one attached hydrogen (secondary N) is 1. The average molecular weight is 310 g/mol. The predicted molar refractivity (Wildman–Crippen MR) is 78.3 cm³/mol. The Labute approximate surface area is 126 Å². The third-order valence-corrected chi connectivity index (χ3v) is 3.66. The number of aromatic nitrogens is 1. The van der Waals surface area contributed by atoms with Gasteiger partial charge in [-0.25, -0.2) is 13.8 Å². The van der Waals surface area contributed by atoms with Crippen molar-refractivity contribution in [2.45, 2.75) is 16.5 Å². The summed E-state index contributed by atoms with van der Waals surface area (Å²) in [5, 5.41) is 3.96. The SMILES string of the molecule is COCCNCc1ccc(Sc2ccc(F)c(F)c2)nc1. The Hall–Kier alpha value is -1.50. The molecule has 0 aliphatic rings. The summed E-state index contributed by atoms with van der Waals surface area (Å²) in [6.45, 7) is 2.16. The van der Waals surface area contributed by atoms with Crippen molar-refractivity contribution < 1.29 is 13.5 Å². The van der Waals surface area contributed by atoms with E-state index in [1.807, 2.05) is 12.1 Å². The minimum Gasteiger partial charge on any atom is -0.383 e. The van der Waals surface area contributed by atoms with Gasteiger partial charge in [-0.15, -0.1) is 0 Å². The Morgan fingerprint density at radius 1 is 1.19 bits per heavy atom. The van der Waals surface area contributed by atoms with Gasteiger partial charge in [0.05, 0.1) is 6.61 Å². The highest BCUT2D eigenvalue weighted by Gasteiger charge is 2.05. The van der Waals surface area contributed by atoms with E-state index in [2.05, 4.69) is 10.3 Å². The van der Waals surface area contributed by atoms with E-state index in [4.69, 9.17) is 4.74 Å². The lowest BCUT2D eigenvalue weighted by molar-refractivity contribution is 0.199. The van der Waals surface area contributed by atoms with Crippen molar-refractivity contribution >= 4 is 11.8 Å². The molecule has 3 nitrogen and oxygen atoms in total. The third-order valence-electron chi connectivity index (χ3n) is 2.72. The molecule has 0 spiro atoms. The fraction of sp³-hybridized carbons (Fsp3) is 0.267. The highest BCUT2D eigenvalue weighted by molar-refractivity contribution is 7.99. The summed E-state index contributed by atoms with van der Waals surface area (Å²) in [6, 6.07) is 7.63. The maximum atomic E-state index is 13.1. The third kappa shape index (κ3) is 5.08. The van der Waals surface area contributed by atoms with Crippen molar-refractivity contribution in [2.75, 3.05) is 20.3 Å². The summed E-state index contributed by atoms with van der Waals surface area (Å²) >= 11 is 1.29. The van der Waals surface area contributed by atoms with E-state index in [9.17, 15) is 8.78 Å². The van der Waals surface area contributed by atoms with Crippen LogP contribution in [0.2, 0.25) is 0 Å². The second kappa shape index (κ2) is 8.07. The lowest BCUT2D eigenvalue weighted by Crippen LogP contribution is -2.18. The van der Waals surface area contributed by atoms with Gasteiger partial charge in [0.1, 0.15) is 5.03 Å². The molecule has 0 saturated heterocycles. The molecule has 0 aliphatic carbocycles. The van der Waals surface area contributed by atoms with Crippen LogP contribution < -0.4 is 5.32 Å². The Kier molecular flexibility index (Phi) is 6.10. The van der Waals surface area contributed by atoms with Crippen LogP contribution in [-0.4, -0.2) is 25.2 Å². The minimum absolute atomic E-state index is 0.618. The maximum absolute atomic E-state index is 13.1. The molecule has 6 heteroatoms. The van der Waals surface area contributed by atoms with E-state index >= 15 is 0 Å². The lowest BCUT2D eigenvalue weighted by atomic mass is 10.3. The van der Waals surface area contributed by atoms with Crippen LogP contribution in [0.5, 0.6) is 0 Å². The van der Waals surface area contributed by atoms with Gasteiger partial charge in [-0.3, -0.25) is 0 Å². The number of rotatable bonds is 7. The molecule has 1 aromatic heterocycles. The first-order valence-electron chi connectivity index (χ1n) is 6.46. The molecule has 0 atom stereocenters. The molecule has 0 saturated carbocycles. The van der Waals surface area contributed by atoms with E-state index in [-0.39, 0.29) is 0 Å². The van der Waals surface area contributed by atoms with Gasteiger partial charge in [0, 0.05) is 31.3 Å². The van der Waals surface area contributed by atoms with E-state index in [0.717, 1.165) is 23.2 Å². The van der Waals surface area contributed by atoms with E-state index < -0.39 is 11.6 Å². The smallest absolute Gasteiger partial charge is 0.159 e. The summed E-state index contributed by atoms with van der Waals surface area (Å²) < 4.78 is 30.9. The van der Waals surface area contributed by atoms with Crippen molar-refractivity contribution in [1.29, 1.82) is 0 Å². The largest absolute Gasteiger partial charge is 0.383 e. The Morgan fingerprint density at radius 2 is 2.05 bits per heavy atom. The maximum Gasteiger partial charge on any atom is 0.159 e. The second-order valence-corrected chi connectivity index (χ2v) is 5.45. The number of hydrogen-bond acceptors (Lipinski definition) is 4. The van der Waals surface area contributed by atoms with Crippen molar-refractivity contribution in [3.8, 4) is 0 Å². The highest BCUT2D eigenvalue weighted by Crippen LogP contribution is 2.27. The monoisotopic (exact) mass is 310 g/mol. The van der Waals surface area contributed by atoms with Crippen molar-refractivity contribution in [2.24, 2.45) is 0 Å². The quantitative estimate of drug-likeness (QED) is 0.796. The van der Waals surface area contributed by atoms with E-state index in [1.165, 1.54) is 23.9 Å². The van der Waals surface area contributed by atoms with Crippen LogP contribution in [0.1, 0.15) is 5.56 Å². The van der Waals surface area contributed by atoms with Crippen molar-refractivity contribution in [3.05, 3.63) is 53.7 Å². The number of halogens is 2. The van der Waals surface area contributed by atoms with Gasteiger partial charge in [-0.2, -0.15) is 0 Å². The lowest BCUT2D eigenvalue weighted by Gasteiger charge is -2.05. The molecule has 0 amide bonds. The summed E-state index contributed by atoms with van der Waals surface area (Å²) in [5.74, 6) is -1.69. The summed E-state index contributed by atoms with van der Waals surface area (Å²) in [4.78, 5) is 4.92. The first kappa shape index (κ1) is 15.9. The van der Waals surface area contributed by atoms with Crippen LogP contribution in [-0.2, 0) is 11.3 Å². The molecule has 0 radical (unpaired) electrons. The Balaban J connectivity index is 1.91. The fourth-order valence-electron chi connectivity index (χ4n) is 1.64. The van der Waals surface area contributed by atoms with Gasteiger partial charge in [0.2, 0.25) is 0 Å². The molecule has 112 valence electrons. The van der Waals surface area contributed by atoms with Crippen LogP contribution in [0.3, 0.4) is 0 Å². The normalized spacial score (nSPS) is 10.8. The predicted octanol–water partition coefficient (Wildman–Crippen LogP) is 3.25. The molecule has 1 heterocycles. The first-order valence-corrected chi connectivity index (χ1v) is 7.28. The molecule has 0 unspecified atom stereocenters. The van der Waals surface area contributed by atoms with Crippen LogP contribution >= 0.6 is 11.8 Å². The zero-order valence-corrected chi connectivity index (χ0v) is 12.4. The average Bonchev–Trinajstić information content (AvgIpc) is 2.49. The number of nitrogens with zero attached hydrogens (tertiary/aromatic N) is 1. The van der Waals surface area contributed by atoms with Crippen molar-refractivity contribution in [1.82, 2.24) is 10.3 Å². The summed E-state index contributed by atoms with van der Waals surface area (Å²) in [7, 11) is 1.66. The number of ether oxygens (including phenoxy) is 1. The van der Waals surface area contributed by atoms with E-state index in [1.54, 1.807) is 13.3 Å². The number of methoxy groups -OCH3 is 1. The second-order valence-electron chi connectivity index (χ2n) is 4.35. The molecule has 0 fully saturated rings. The molecule has 2 rings (SSSR count). The van der Waals surface area contributed by atoms with Gasteiger partial charge in [-0.1, -0.05) is 17.8 Å². The van der Waals surface area contributed by atoms with Crippen LogP contribution in [0.4, 0.5) is 8.78 Å².